The number of carboxylic acid groups (broad SMARTS) is 1. The van der Waals surface area contributed by atoms with Gasteiger partial charge in [0.1, 0.15) is 5.78 Å². The van der Waals surface area contributed by atoms with Crippen molar-refractivity contribution in [1.29, 1.82) is 0 Å². The molecule has 0 aliphatic heterocycles. The van der Waals surface area contributed by atoms with Gasteiger partial charge >= 0.3 is 0 Å². The van der Waals surface area contributed by atoms with Gasteiger partial charge in [-0.1, -0.05) is 13.8 Å². The van der Waals surface area contributed by atoms with Crippen LogP contribution in [-0.4, -0.2) is 35.6 Å². The summed E-state index contributed by atoms with van der Waals surface area (Å²) < 4.78 is 0. The second-order valence-electron chi connectivity index (χ2n) is 9.81. The number of hydrogen-bond donors (Lipinski definition) is 0. The first kappa shape index (κ1) is 21.3. The van der Waals surface area contributed by atoms with Gasteiger partial charge in [0.2, 0.25) is 5.91 Å². The van der Waals surface area contributed by atoms with Crippen molar-refractivity contribution in [3.63, 3.8) is 0 Å². The number of ketones is 1. The van der Waals surface area contributed by atoms with Crippen molar-refractivity contribution in [2.45, 2.75) is 79.1 Å². The SMILES string of the molecule is CCN(CC)C(=O)[C@H]1CC[C@@H]2[C@@H]3CCC(=O)[C@@](C)(CCC(=O)[O-])[C@@H]3CC[C@]12C. The molecule has 6 atom stereocenters. The Bertz CT molecular complexity index is 643. The minimum Gasteiger partial charge on any atom is -0.550 e. The lowest BCUT2D eigenvalue weighted by molar-refractivity contribution is -0.306. The molecular formula is C23H36NO4-. The van der Waals surface area contributed by atoms with Gasteiger partial charge < -0.3 is 14.8 Å². The molecule has 0 bridgehead atoms. The molecule has 0 saturated heterocycles. The topological polar surface area (TPSA) is 77.5 Å². The van der Waals surface area contributed by atoms with Crippen LogP contribution >= 0.6 is 0 Å². The van der Waals surface area contributed by atoms with Crippen molar-refractivity contribution >= 4 is 17.7 Å². The van der Waals surface area contributed by atoms with E-state index in [1.165, 1.54) is 0 Å². The molecule has 3 aliphatic rings. The summed E-state index contributed by atoms with van der Waals surface area (Å²) in [5, 5.41) is 11.1. The van der Waals surface area contributed by atoms with Crippen molar-refractivity contribution in [1.82, 2.24) is 4.90 Å². The highest BCUT2D eigenvalue weighted by Gasteiger charge is 2.60. The van der Waals surface area contributed by atoms with Crippen molar-refractivity contribution < 1.29 is 19.5 Å². The Hall–Kier alpha value is -1.39. The first-order valence-electron chi connectivity index (χ1n) is 11.2. The first-order valence-corrected chi connectivity index (χ1v) is 11.2. The van der Waals surface area contributed by atoms with E-state index in [4.69, 9.17) is 0 Å². The number of rotatable bonds is 6. The molecule has 0 aromatic rings. The Balaban J connectivity index is 1.84. The normalized spacial score (nSPS) is 39.9. The summed E-state index contributed by atoms with van der Waals surface area (Å²) in [4.78, 5) is 39.0. The van der Waals surface area contributed by atoms with Gasteiger partial charge in [-0.25, -0.2) is 0 Å². The van der Waals surface area contributed by atoms with Gasteiger partial charge in [-0.3, -0.25) is 9.59 Å². The highest BCUT2D eigenvalue weighted by molar-refractivity contribution is 5.86. The fourth-order valence-corrected chi connectivity index (χ4v) is 7.12. The van der Waals surface area contributed by atoms with Crippen LogP contribution in [0, 0.1) is 34.5 Å². The van der Waals surface area contributed by atoms with Gasteiger partial charge in [-0.2, -0.15) is 0 Å². The van der Waals surface area contributed by atoms with Gasteiger partial charge in [0, 0.05) is 36.8 Å². The smallest absolute Gasteiger partial charge is 0.226 e. The molecule has 3 rings (SSSR count). The van der Waals surface area contributed by atoms with Crippen molar-refractivity contribution in [2.75, 3.05) is 13.1 Å². The number of carboxylic acids is 1. The van der Waals surface area contributed by atoms with Crippen molar-refractivity contribution in [3.05, 3.63) is 0 Å². The lowest BCUT2D eigenvalue weighted by Gasteiger charge is -2.55. The first-order chi connectivity index (χ1) is 13.2. The lowest BCUT2D eigenvalue weighted by atomic mass is 9.48. The molecular weight excluding hydrogens is 354 g/mol. The maximum Gasteiger partial charge on any atom is 0.226 e. The zero-order valence-electron chi connectivity index (χ0n) is 18.0. The quantitative estimate of drug-likeness (QED) is 0.699. The molecule has 0 radical (unpaired) electrons. The Morgan fingerprint density at radius 2 is 1.75 bits per heavy atom. The van der Waals surface area contributed by atoms with E-state index in [1.807, 2.05) is 25.7 Å². The van der Waals surface area contributed by atoms with Crippen LogP contribution in [0.15, 0.2) is 0 Å². The molecule has 158 valence electrons. The number of Topliss-reactive ketones (excluding diaryl/α,β-unsaturated/α-hetero) is 1. The average Bonchev–Trinajstić information content (AvgIpc) is 3.01. The van der Waals surface area contributed by atoms with E-state index >= 15 is 0 Å². The molecule has 1 amide bonds. The van der Waals surface area contributed by atoms with E-state index in [1.54, 1.807) is 0 Å². The van der Waals surface area contributed by atoms with Crippen LogP contribution in [0.25, 0.3) is 0 Å². The Kier molecular flexibility index (Phi) is 5.94. The highest BCUT2D eigenvalue weighted by Crippen LogP contribution is 2.64. The molecule has 0 N–H and O–H groups in total. The van der Waals surface area contributed by atoms with E-state index in [0.29, 0.717) is 30.6 Å². The number of carbonyl (C=O) groups is 3. The summed E-state index contributed by atoms with van der Waals surface area (Å²) in [7, 11) is 0. The zero-order valence-corrected chi connectivity index (χ0v) is 18.0. The maximum absolute atomic E-state index is 13.2. The summed E-state index contributed by atoms with van der Waals surface area (Å²) in [6, 6.07) is 0. The standard InChI is InChI=1S/C23H37NO4/c1-5-24(6-2)21(28)18-9-8-16-15-7-10-19(25)23(4,14-12-20(26)27)17(15)11-13-22(16,18)3/h15-18H,5-14H2,1-4H3,(H,26,27)/p-1/t15-,16+,17+,18+,22-,23-/m0/s1. The van der Waals surface area contributed by atoms with Crippen LogP contribution in [0.2, 0.25) is 0 Å². The molecule has 0 spiro atoms. The molecule has 28 heavy (non-hydrogen) atoms. The summed E-state index contributed by atoms with van der Waals surface area (Å²) in [5.74, 6) is 0.692. The van der Waals surface area contributed by atoms with E-state index in [2.05, 4.69) is 6.92 Å². The van der Waals surface area contributed by atoms with Gasteiger partial charge in [-0.15, -0.1) is 0 Å². The third-order valence-electron chi connectivity index (χ3n) is 8.82. The largest absolute Gasteiger partial charge is 0.550 e. The fraction of sp³-hybridized carbons (Fsp3) is 0.870. The molecule has 3 aliphatic carbocycles. The predicted octanol–water partition coefficient (Wildman–Crippen LogP) is 2.81. The Labute approximate surface area is 169 Å². The highest BCUT2D eigenvalue weighted by atomic mass is 16.4. The van der Waals surface area contributed by atoms with Crippen LogP contribution in [0.1, 0.15) is 79.1 Å². The minimum atomic E-state index is -1.07. The number of nitrogens with zero attached hydrogens (tertiary/aromatic N) is 1. The van der Waals surface area contributed by atoms with E-state index in [-0.39, 0.29) is 29.5 Å². The summed E-state index contributed by atoms with van der Waals surface area (Å²) in [6.07, 6.45) is 5.68. The van der Waals surface area contributed by atoms with Crippen LogP contribution in [0.5, 0.6) is 0 Å². The van der Waals surface area contributed by atoms with E-state index in [0.717, 1.165) is 45.2 Å². The maximum atomic E-state index is 13.2. The number of carbonyl (C=O) groups excluding carboxylic acids is 3. The van der Waals surface area contributed by atoms with Gasteiger partial charge in [0.15, 0.2) is 0 Å². The number of hydrogen-bond acceptors (Lipinski definition) is 4. The molecule has 5 heteroatoms. The molecule has 0 aromatic heterocycles. The summed E-state index contributed by atoms with van der Waals surface area (Å²) in [6.45, 7) is 9.90. The summed E-state index contributed by atoms with van der Waals surface area (Å²) >= 11 is 0. The minimum absolute atomic E-state index is 0.0104. The fourth-order valence-electron chi connectivity index (χ4n) is 7.12. The van der Waals surface area contributed by atoms with Crippen LogP contribution in [-0.2, 0) is 14.4 Å². The molecule has 0 aromatic carbocycles. The van der Waals surface area contributed by atoms with Gasteiger partial charge in [0.25, 0.3) is 0 Å². The monoisotopic (exact) mass is 390 g/mol. The van der Waals surface area contributed by atoms with Crippen LogP contribution in [0.4, 0.5) is 0 Å². The number of amides is 1. The second-order valence-corrected chi connectivity index (χ2v) is 9.81. The van der Waals surface area contributed by atoms with Crippen molar-refractivity contribution in [2.24, 2.45) is 34.5 Å². The van der Waals surface area contributed by atoms with E-state index in [9.17, 15) is 19.5 Å². The molecule has 0 heterocycles. The predicted molar refractivity (Wildman–Crippen MR) is 105 cm³/mol. The molecule has 5 nitrogen and oxygen atoms in total. The Morgan fingerprint density at radius 1 is 1.07 bits per heavy atom. The van der Waals surface area contributed by atoms with Gasteiger partial charge in [-0.05, 0) is 82.0 Å². The average molecular weight is 391 g/mol. The van der Waals surface area contributed by atoms with Gasteiger partial charge in [0.05, 0.1) is 0 Å². The number of fused-ring (bicyclic) bond motifs is 3. The molecule has 3 saturated carbocycles. The third-order valence-corrected chi connectivity index (χ3v) is 8.82. The second kappa shape index (κ2) is 7.79. The zero-order chi connectivity index (χ0) is 20.7. The third kappa shape index (κ3) is 3.29. The molecule has 0 unspecified atom stereocenters. The lowest BCUT2D eigenvalue weighted by Crippen LogP contribution is -2.53. The number of aliphatic carboxylic acids is 1. The van der Waals surface area contributed by atoms with Crippen molar-refractivity contribution in [3.8, 4) is 0 Å². The van der Waals surface area contributed by atoms with Crippen LogP contribution in [0.3, 0.4) is 0 Å². The molecule has 3 fully saturated rings. The van der Waals surface area contributed by atoms with Crippen LogP contribution < -0.4 is 5.11 Å². The Morgan fingerprint density at radius 3 is 2.36 bits per heavy atom. The summed E-state index contributed by atoms with van der Waals surface area (Å²) in [5.41, 5.74) is -0.540. The van der Waals surface area contributed by atoms with E-state index < -0.39 is 11.4 Å².